The maximum atomic E-state index is 11.3. The highest BCUT2D eigenvalue weighted by molar-refractivity contribution is 7.80. The van der Waals surface area contributed by atoms with Gasteiger partial charge in [-0.2, -0.15) is 0 Å². The molecular formula is C14H14N4OS. The number of anilines is 2. The fourth-order valence-electron chi connectivity index (χ4n) is 1.76. The Labute approximate surface area is 122 Å². The summed E-state index contributed by atoms with van der Waals surface area (Å²) in [5.41, 5.74) is 8.07. The van der Waals surface area contributed by atoms with E-state index in [1.54, 1.807) is 24.5 Å². The van der Waals surface area contributed by atoms with E-state index in [9.17, 15) is 4.79 Å². The first-order valence-electron chi connectivity index (χ1n) is 5.95. The first-order chi connectivity index (χ1) is 9.58. The van der Waals surface area contributed by atoms with Gasteiger partial charge in [-0.25, -0.2) is 0 Å². The van der Waals surface area contributed by atoms with Gasteiger partial charge in [-0.05, 0) is 49.0 Å². The fourth-order valence-corrected chi connectivity index (χ4v) is 1.99. The van der Waals surface area contributed by atoms with E-state index in [-0.39, 0.29) is 0 Å². The minimum absolute atomic E-state index is 0.419. The number of pyridine rings is 1. The Kier molecular flexibility index (Phi) is 4.27. The largest absolute Gasteiger partial charge is 0.366 e. The lowest BCUT2D eigenvalue weighted by Crippen LogP contribution is -2.21. The highest BCUT2D eigenvalue weighted by Crippen LogP contribution is 2.19. The van der Waals surface area contributed by atoms with Crippen LogP contribution in [0, 0.1) is 6.92 Å². The second-order valence-electron chi connectivity index (χ2n) is 4.16. The molecule has 4 N–H and O–H groups in total. The maximum Gasteiger partial charge on any atom is 0.249 e. The molecule has 0 saturated heterocycles. The topological polar surface area (TPSA) is 80.0 Å². The number of hydrogen-bond acceptors (Lipinski definition) is 3. The van der Waals surface area contributed by atoms with E-state index in [1.165, 1.54) is 0 Å². The summed E-state index contributed by atoms with van der Waals surface area (Å²) in [6.45, 7) is 1.81. The molecule has 0 aliphatic carbocycles. The average Bonchev–Trinajstić information content (AvgIpc) is 2.42. The second kappa shape index (κ2) is 6.12. The zero-order valence-corrected chi connectivity index (χ0v) is 11.7. The monoisotopic (exact) mass is 286 g/mol. The summed E-state index contributed by atoms with van der Waals surface area (Å²) in [7, 11) is 0. The minimum atomic E-state index is -0.461. The van der Waals surface area contributed by atoms with Crippen molar-refractivity contribution in [2.75, 3.05) is 10.6 Å². The molecule has 0 radical (unpaired) electrons. The quantitative estimate of drug-likeness (QED) is 0.754. The molecule has 0 saturated carbocycles. The Hall–Kier alpha value is -2.47. The van der Waals surface area contributed by atoms with Gasteiger partial charge in [0.15, 0.2) is 5.11 Å². The third-order valence-corrected chi connectivity index (χ3v) is 2.97. The number of nitrogens with two attached hydrogens (primary N) is 1. The normalized spacial score (nSPS) is 9.85. The van der Waals surface area contributed by atoms with Crippen LogP contribution in [0.4, 0.5) is 11.4 Å². The molecule has 0 unspecified atom stereocenters. The lowest BCUT2D eigenvalue weighted by atomic mass is 10.1. The first-order valence-corrected chi connectivity index (χ1v) is 6.36. The lowest BCUT2D eigenvalue weighted by molar-refractivity contribution is 0.1000. The van der Waals surface area contributed by atoms with Crippen LogP contribution in [0.1, 0.15) is 15.9 Å². The molecule has 2 rings (SSSR count). The van der Waals surface area contributed by atoms with Crippen LogP contribution in [-0.4, -0.2) is 16.0 Å². The summed E-state index contributed by atoms with van der Waals surface area (Å²) < 4.78 is 0. The number of nitrogens with zero attached hydrogens (tertiary/aromatic N) is 1. The van der Waals surface area contributed by atoms with E-state index in [0.717, 1.165) is 16.9 Å². The molecule has 0 aliphatic rings. The number of aromatic nitrogens is 1. The van der Waals surface area contributed by atoms with Gasteiger partial charge in [-0.15, -0.1) is 0 Å². The molecule has 0 spiro atoms. The number of nitrogens with one attached hydrogen (secondary N) is 2. The van der Waals surface area contributed by atoms with E-state index in [0.29, 0.717) is 10.7 Å². The molecule has 102 valence electrons. The second-order valence-corrected chi connectivity index (χ2v) is 4.57. The molecule has 5 nitrogen and oxygen atoms in total. The van der Waals surface area contributed by atoms with Gasteiger partial charge in [-0.3, -0.25) is 9.78 Å². The molecule has 1 heterocycles. The van der Waals surface area contributed by atoms with Crippen molar-refractivity contribution in [2.24, 2.45) is 5.73 Å². The highest BCUT2D eigenvalue weighted by Gasteiger charge is 2.09. The van der Waals surface area contributed by atoms with Crippen molar-refractivity contribution in [2.45, 2.75) is 6.92 Å². The van der Waals surface area contributed by atoms with Crippen LogP contribution < -0.4 is 16.4 Å². The van der Waals surface area contributed by atoms with Crippen molar-refractivity contribution in [3.63, 3.8) is 0 Å². The predicted octanol–water partition coefficient (Wildman–Crippen LogP) is 2.30. The molecule has 1 aromatic heterocycles. The highest BCUT2D eigenvalue weighted by atomic mass is 32.1. The Morgan fingerprint density at radius 1 is 1.25 bits per heavy atom. The molecule has 0 aliphatic heterocycles. The van der Waals surface area contributed by atoms with Crippen molar-refractivity contribution in [3.8, 4) is 0 Å². The number of carbonyl (C=O) groups is 1. The van der Waals surface area contributed by atoms with E-state index >= 15 is 0 Å². The van der Waals surface area contributed by atoms with Gasteiger partial charge in [0, 0.05) is 17.4 Å². The first kappa shape index (κ1) is 14.0. The summed E-state index contributed by atoms with van der Waals surface area (Å²) >= 11 is 5.22. The van der Waals surface area contributed by atoms with Crippen LogP contribution in [0.5, 0.6) is 0 Å². The number of carbonyl (C=O) groups excluding carboxylic acids is 1. The number of thiocarbonyl (C=S) groups is 1. The fraction of sp³-hybridized carbons (Fsp3) is 0.0714. The van der Waals surface area contributed by atoms with Crippen LogP contribution in [-0.2, 0) is 0 Å². The summed E-state index contributed by atoms with van der Waals surface area (Å²) in [6, 6.07) is 8.93. The van der Waals surface area contributed by atoms with Gasteiger partial charge in [0.2, 0.25) is 5.91 Å². The standard InChI is InChI=1S/C14H14N4OS/c1-9-11(13(15)19)5-2-6-12(9)18-14(20)17-10-4-3-7-16-8-10/h2-8H,1H3,(H2,15,19)(H2,17,18,20). The summed E-state index contributed by atoms with van der Waals surface area (Å²) in [5.74, 6) is -0.461. The average molecular weight is 286 g/mol. The molecule has 20 heavy (non-hydrogen) atoms. The molecule has 0 fully saturated rings. The van der Waals surface area contributed by atoms with Gasteiger partial charge >= 0.3 is 0 Å². The van der Waals surface area contributed by atoms with Crippen LogP contribution in [0.25, 0.3) is 0 Å². The van der Waals surface area contributed by atoms with E-state index in [2.05, 4.69) is 15.6 Å². The number of amides is 1. The maximum absolute atomic E-state index is 11.3. The molecule has 0 bridgehead atoms. The lowest BCUT2D eigenvalue weighted by Gasteiger charge is -2.13. The number of rotatable bonds is 3. The van der Waals surface area contributed by atoms with Crippen molar-refractivity contribution >= 4 is 34.6 Å². The van der Waals surface area contributed by atoms with Crippen LogP contribution in [0.3, 0.4) is 0 Å². The molecule has 1 amide bonds. The number of primary amides is 1. The van der Waals surface area contributed by atoms with Crippen LogP contribution in [0.2, 0.25) is 0 Å². The summed E-state index contributed by atoms with van der Waals surface area (Å²) in [4.78, 5) is 15.3. The van der Waals surface area contributed by atoms with Crippen LogP contribution in [0.15, 0.2) is 42.7 Å². The van der Waals surface area contributed by atoms with E-state index in [1.807, 2.05) is 25.1 Å². The third-order valence-electron chi connectivity index (χ3n) is 2.77. The Morgan fingerprint density at radius 3 is 2.70 bits per heavy atom. The van der Waals surface area contributed by atoms with Crippen molar-refractivity contribution in [3.05, 3.63) is 53.9 Å². The Morgan fingerprint density at radius 2 is 2.05 bits per heavy atom. The van der Waals surface area contributed by atoms with E-state index < -0.39 is 5.91 Å². The van der Waals surface area contributed by atoms with Crippen molar-refractivity contribution in [1.82, 2.24) is 4.98 Å². The van der Waals surface area contributed by atoms with Gasteiger partial charge in [0.05, 0.1) is 11.9 Å². The summed E-state index contributed by atoms with van der Waals surface area (Å²) in [5, 5.41) is 6.47. The van der Waals surface area contributed by atoms with Crippen LogP contribution >= 0.6 is 12.2 Å². The predicted molar refractivity (Wildman–Crippen MR) is 83.8 cm³/mol. The van der Waals surface area contributed by atoms with Gasteiger partial charge < -0.3 is 16.4 Å². The zero-order chi connectivity index (χ0) is 14.5. The minimum Gasteiger partial charge on any atom is -0.366 e. The van der Waals surface area contributed by atoms with Gasteiger partial charge in [0.1, 0.15) is 0 Å². The zero-order valence-electron chi connectivity index (χ0n) is 10.9. The number of benzene rings is 1. The molecule has 2 aromatic rings. The van der Waals surface area contributed by atoms with Gasteiger partial charge in [0.25, 0.3) is 0 Å². The number of hydrogen-bond donors (Lipinski definition) is 3. The summed E-state index contributed by atoms with van der Waals surface area (Å²) in [6.07, 6.45) is 3.35. The smallest absolute Gasteiger partial charge is 0.249 e. The van der Waals surface area contributed by atoms with Gasteiger partial charge in [-0.1, -0.05) is 6.07 Å². The molecule has 1 aromatic carbocycles. The van der Waals surface area contributed by atoms with E-state index in [4.69, 9.17) is 18.0 Å². The Balaban J connectivity index is 2.12. The van der Waals surface area contributed by atoms with Crippen molar-refractivity contribution < 1.29 is 4.79 Å². The molecular weight excluding hydrogens is 272 g/mol. The Bertz CT molecular complexity index is 643. The molecule has 0 atom stereocenters. The SMILES string of the molecule is Cc1c(NC(=S)Nc2cccnc2)cccc1C(N)=O. The molecule has 6 heteroatoms. The van der Waals surface area contributed by atoms with Crippen molar-refractivity contribution in [1.29, 1.82) is 0 Å². The third kappa shape index (κ3) is 3.30.